The van der Waals surface area contributed by atoms with Crippen molar-refractivity contribution in [1.82, 2.24) is 15.8 Å². The first-order valence-corrected chi connectivity index (χ1v) is 16.5. The van der Waals surface area contributed by atoms with Crippen molar-refractivity contribution >= 4 is 17.3 Å². The lowest BCUT2D eigenvalue weighted by Gasteiger charge is -2.31. The van der Waals surface area contributed by atoms with E-state index >= 15 is 0 Å². The van der Waals surface area contributed by atoms with Crippen LogP contribution >= 0.6 is 12.2 Å². The maximum atomic E-state index is 11.3. The van der Waals surface area contributed by atoms with Gasteiger partial charge >= 0.3 is 0 Å². The van der Waals surface area contributed by atoms with Crippen LogP contribution in [0.25, 0.3) is 0 Å². The summed E-state index contributed by atoms with van der Waals surface area (Å²) in [6.45, 7) is 27.5. The number of aromatic hydroxyl groups is 2. The van der Waals surface area contributed by atoms with Crippen LogP contribution in [0.15, 0.2) is 54.6 Å². The highest BCUT2D eigenvalue weighted by Gasteiger charge is 2.29. The second-order valence-corrected chi connectivity index (χ2v) is 16.9. The fourth-order valence-corrected chi connectivity index (χ4v) is 5.81. The summed E-state index contributed by atoms with van der Waals surface area (Å²) in [7, 11) is 0. The van der Waals surface area contributed by atoms with Gasteiger partial charge in [-0.05, 0) is 79.2 Å². The molecule has 0 aliphatic carbocycles. The van der Waals surface area contributed by atoms with E-state index in [1.165, 1.54) is 5.56 Å². The number of hydrogen-bond acceptors (Lipinski definition) is 4. The zero-order valence-corrected chi connectivity index (χ0v) is 30.6. The third-order valence-corrected chi connectivity index (χ3v) is 8.36. The number of nitrogens with zero attached hydrogens (tertiary/aromatic N) is 1. The highest BCUT2D eigenvalue weighted by atomic mass is 32.1. The molecule has 0 bridgehead atoms. The molecule has 0 spiro atoms. The van der Waals surface area contributed by atoms with Crippen molar-refractivity contribution in [2.24, 2.45) is 0 Å². The van der Waals surface area contributed by atoms with E-state index in [-0.39, 0.29) is 21.7 Å². The third-order valence-electron chi connectivity index (χ3n) is 8.12. The zero-order valence-electron chi connectivity index (χ0n) is 29.8. The van der Waals surface area contributed by atoms with Gasteiger partial charge in [0, 0.05) is 19.6 Å². The van der Waals surface area contributed by atoms with Gasteiger partial charge in [0.1, 0.15) is 11.5 Å². The molecule has 0 amide bonds. The molecule has 0 aliphatic heterocycles. The third kappa shape index (κ3) is 9.95. The molecule has 0 saturated heterocycles. The van der Waals surface area contributed by atoms with Gasteiger partial charge in [0.25, 0.3) is 0 Å². The average molecular weight is 632 g/mol. The molecule has 0 saturated carbocycles. The van der Waals surface area contributed by atoms with E-state index in [9.17, 15) is 10.2 Å². The molecule has 3 aromatic carbocycles. The van der Waals surface area contributed by atoms with Crippen LogP contribution in [0.5, 0.6) is 11.5 Å². The molecule has 3 aromatic rings. The first-order chi connectivity index (χ1) is 20.6. The minimum atomic E-state index is -0.229. The minimum Gasteiger partial charge on any atom is -0.507 e. The second kappa shape index (κ2) is 13.7. The van der Waals surface area contributed by atoms with E-state index in [0.29, 0.717) is 36.2 Å². The largest absolute Gasteiger partial charge is 0.507 e. The Hall–Kier alpha value is -3.09. The first kappa shape index (κ1) is 36.4. The Morgan fingerprint density at radius 1 is 0.600 bits per heavy atom. The van der Waals surface area contributed by atoms with Gasteiger partial charge in [0.2, 0.25) is 0 Å². The molecule has 0 heterocycles. The van der Waals surface area contributed by atoms with Crippen molar-refractivity contribution in [3.05, 3.63) is 93.5 Å². The smallest absolute Gasteiger partial charge is 0.181 e. The Morgan fingerprint density at radius 3 is 1.29 bits per heavy atom. The Labute approximate surface area is 278 Å². The van der Waals surface area contributed by atoms with Gasteiger partial charge in [-0.25, -0.2) is 5.01 Å². The number of phenols is 2. The molecule has 0 atom stereocenters. The molecule has 0 radical (unpaired) electrons. The summed E-state index contributed by atoms with van der Waals surface area (Å²) < 4.78 is 0. The normalized spacial score (nSPS) is 12.8. The summed E-state index contributed by atoms with van der Waals surface area (Å²) in [5.41, 5.74) is 9.75. The van der Waals surface area contributed by atoms with Crippen molar-refractivity contribution < 1.29 is 10.2 Å². The van der Waals surface area contributed by atoms with Crippen LogP contribution < -0.4 is 10.7 Å². The van der Waals surface area contributed by atoms with Crippen molar-refractivity contribution in [2.45, 2.75) is 124 Å². The average Bonchev–Trinajstić information content (AvgIpc) is 2.88. The van der Waals surface area contributed by atoms with Crippen molar-refractivity contribution in [3.8, 4) is 11.5 Å². The predicted octanol–water partition coefficient (Wildman–Crippen LogP) is 8.91. The van der Waals surface area contributed by atoms with Gasteiger partial charge in [-0.1, -0.05) is 138 Å². The highest BCUT2D eigenvalue weighted by Crippen LogP contribution is 2.41. The molecule has 3 rings (SSSR count). The van der Waals surface area contributed by atoms with Gasteiger partial charge in [-0.15, -0.1) is 0 Å². The molecular formula is C39H57N3O2S. The lowest BCUT2D eigenvalue weighted by molar-refractivity contribution is 0.214. The second-order valence-electron chi connectivity index (χ2n) is 16.5. The minimum absolute atomic E-state index is 0.229. The Balaban J connectivity index is 2.03. The van der Waals surface area contributed by atoms with Crippen LogP contribution in [0.3, 0.4) is 0 Å². The predicted molar refractivity (Wildman–Crippen MR) is 194 cm³/mol. The molecule has 246 valence electrons. The summed E-state index contributed by atoms with van der Waals surface area (Å²) in [4.78, 5) is 0. The van der Waals surface area contributed by atoms with Crippen LogP contribution in [-0.4, -0.2) is 26.9 Å². The number of hydrazine groups is 1. The van der Waals surface area contributed by atoms with Crippen LogP contribution in [-0.2, 0) is 41.2 Å². The topological polar surface area (TPSA) is 67.8 Å². The maximum absolute atomic E-state index is 11.3. The fourth-order valence-electron chi connectivity index (χ4n) is 5.58. The van der Waals surface area contributed by atoms with E-state index in [1.807, 2.05) is 6.07 Å². The quantitative estimate of drug-likeness (QED) is 0.147. The van der Waals surface area contributed by atoms with Gasteiger partial charge in [0.05, 0.1) is 0 Å². The number of phenolic OH excluding ortho intramolecular Hbond substituents is 2. The lowest BCUT2D eigenvalue weighted by Crippen LogP contribution is -2.47. The zero-order chi connectivity index (χ0) is 34.0. The number of hydrogen-bond donors (Lipinski definition) is 4. The molecule has 0 fully saturated rings. The Bertz CT molecular complexity index is 1320. The van der Waals surface area contributed by atoms with Crippen molar-refractivity contribution in [3.63, 3.8) is 0 Å². The molecule has 0 aromatic heterocycles. The van der Waals surface area contributed by atoms with Crippen LogP contribution in [0.4, 0.5) is 0 Å². The number of thiocarbonyl (C=S) groups is 1. The Kier molecular flexibility index (Phi) is 11.1. The summed E-state index contributed by atoms with van der Waals surface area (Å²) >= 11 is 5.82. The number of benzene rings is 3. The van der Waals surface area contributed by atoms with E-state index < -0.39 is 0 Å². The van der Waals surface area contributed by atoms with E-state index in [0.717, 1.165) is 39.8 Å². The van der Waals surface area contributed by atoms with Crippen molar-refractivity contribution in [2.75, 3.05) is 6.54 Å². The molecule has 0 aliphatic rings. The van der Waals surface area contributed by atoms with Gasteiger partial charge in [-0.2, -0.15) is 0 Å². The molecular weight excluding hydrogens is 575 g/mol. The highest BCUT2D eigenvalue weighted by molar-refractivity contribution is 7.80. The molecule has 4 N–H and O–H groups in total. The first-order valence-electron chi connectivity index (χ1n) is 16.1. The molecule has 45 heavy (non-hydrogen) atoms. The van der Waals surface area contributed by atoms with Gasteiger partial charge in [0.15, 0.2) is 5.11 Å². The summed E-state index contributed by atoms with van der Waals surface area (Å²) in [5, 5.41) is 28.8. The van der Waals surface area contributed by atoms with Gasteiger partial charge in [-0.3, -0.25) is 5.43 Å². The molecule has 6 heteroatoms. The maximum Gasteiger partial charge on any atom is 0.181 e. The summed E-state index contributed by atoms with van der Waals surface area (Å²) in [5.74, 6) is 0.749. The Morgan fingerprint density at radius 2 is 0.956 bits per heavy atom. The van der Waals surface area contributed by atoms with Gasteiger partial charge < -0.3 is 15.5 Å². The van der Waals surface area contributed by atoms with Crippen molar-refractivity contribution in [1.29, 1.82) is 0 Å². The number of nitrogens with one attached hydrogen (secondary N) is 2. The SMILES string of the molecule is CC(C)(C)c1cc(CN(Cc2cc(C(C)(C)C)c(O)c(C(C)(C)C)c2)NC(=S)NCCc2ccccc2)cc(C(C)(C)C)c1O. The van der Waals surface area contributed by atoms with Crippen LogP contribution in [0, 0.1) is 0 Å². The van der Waals surface area contributed by atoms with Crippen LogP contribution in [0.2, 0.25) is 0 Å². The molecule has 0 unspecified atom stereocenters. The lowest BCUT2D eigenvalue weighted by atomic mass is 9.78. The van der Waals surface area contributed by atoms with E-state index in [2.05, 4.69) is 147 Å². The van der Waals surface area contributed by atoms with E-state index in [1.54, 1.807) is 0 Å². The van der Waals surface area contributed by atoms with Crippen LogP contribution in [0.1, 0.15) is 122 Å². The summed E-state index contributed by atoms with van der Waals surface area (Å²) in [6.07, 6.45) is 0.867. The summed E-state index contributed by atoms with van der Waals surface area (Å²) in [6, 6.07) is 18.9. The standard InChI is InChI=1S/C39H57N3O2S/c1-36(2,3)29-20-27(21-30(33(29)43)37(4,5)6)24-42(41-35(45)40-19-18-26-16-14-13-15-17-26)25-28-22-31(38(7,8)9)34(44)32(23-28)39(10,11)12/h13-17,20-23,43-44H,18-19,24-25H2,1-12H3,(H2,40,41,45). The number of rotatable bonds is 8. The monoisotopic (exact) mass is 631 g/mol. The molecule has 5 nitrogen and oxygen atoms in total. The fraction of sp³-hybridized carbons (Fsp3) is 0.513. The van der Waals surface area contributed by atoms with E-state index in [4.69, 9.17) is 12.2 Å².